The Bertz CT molecular complexity index is 85.0. The van der Waals surface area contributed by atoms with Crippen LogP contribution in [0.3, 0.4) is 0 Å². The van der Waals surface area contributed by atoms with Gasteiger partial charge in [-0.1, -0.05) is 19.8 Å². The van der Waals surface area contributed by atoms with Crippen LogP contribution in [0.2, 0.25) is 0 Å². The Kier molecular flexibility index (Phi) is 10.2. The van der Waals surface area contributed by atoms with E-state index in [-0.39, 0.29) is 36.2 Å². The molecule has 0 aromatic carbocycles. The molecule has 0 rings (SSSR count). The van der Waals surface area contributed by atoms with Gasteiger partial charge in [-0.25, -0.2) is 0 Å². The Hall–Kier alpha value is 1.06. The van der Waals surface area contributed by atoms with Crippen LogP contribution in [0.1, 0.15) is 26.2 Å². The molecular weight excluding hydrogens is 175 g/mol. The molecule has 6 heteroatoms. The number of rotatable bonds is 5. The van der Waals surface area contributed by atoms with Crippen molar-refractivity contribution in [1.29, 1.82) is 0 Å². The molecule has 3 N–H and O–H groups in total. The van der Waals surface area contributed by atoms with Crippen LogP contribution in [0.25, 0.3) is 0 Å². The van der Waals surface area contributed by atoms with Gasteiger partial charge in [0.15, 0.2) is 0 Å². The minimum atomic E-state index is -4.21. The molecule has 0 saturated carbocycles. The van der Waals surface area contributed by atoms with Crippen molar-refractivity contribution in [1.82, 2.24) is 0 Å². The molecule has 0 aliphatic rings. The van der Waals surface area contributed by atoms with Crippen molar-refractivity contribution in [3.05, 3.63) is 0 Å². The van der Waals surface area contributed by atoms with Gasteiger partial charge in [-0.2, -0.15) is 0 Å². The molecule has 0 fully saturated rings. The van der Waals surface area contributed by atoms with E-state index in [1.807, 2.05) is 6.92 Å². The zero-order chi connectivity index (χ0) is 8.04. The molecular formula is C5H15NaO4Si. The average molecular weight is 190 g/mol. The zero-order valence-electron chi connectivity index (χ0n) is 6.08. The molecule has 0 amide bonds. The Labute approximate surface area is 90.0 Å². The first-order chi connectivity index (χ1) is 4.56. The Morgan fingerprint density at radius 2 is 1.73 bits per heavy atom. The molecule has 0 radical (unpaired) electrons. The third kappa shape index (κ3) is 14.0. The van der Waals surface area contributed by atoms with E-state index in [2.05, 4.69) is 4.43 Å². The maximum atomic E-state index is 8.34. The summed E-state index contributed by atoms with van der Waals surface area (Å²) in [6.45, 7) is 2.26. The fourth-order valence-corrected chi connectivity index (χ4v) is 0.979. The SMILES string of the molecule is CCCCCO[Si](O)(O)O.[NaH]. The van der Waals surface area contributed by atoms with Crippen LogP contribution in [0.4, 0.5) is 0 Å². The predicted octanol–water partition coefficient (Wildman–Crippen LogP) is -1.04. The fraction of sp³-hybridized carbons (Fsp3) is 1.00. The van der Waals surface area contributed by atoms with Crippen LogP contribution in [0.5, 0.6) is 0 Å². The molecule has 0 bridgehead atoms. The molecule has 0 saturated heterocycles. The molecule has 0 aromatic rings. The molecule has 0 aromatic heterocycles. The summed E-state index contributed by atoms with van der Waals surface area (Å²) < 4.78 is 4.34. The fourth-order valence-electron chi connectivity index (χ4n) is 0.561. The van der Waals surface area contributed by atoms with Crippen molar-refractivity contribution in [3.63, 3.8) is 0 Å². The molecule has 64 valence electrons. The van der Waals surface area contributed by atoms with Gasteiger partial charge in [0.05, 0.1) is 0 Å². The van der Waals surface area contributed by atoms with E-state index >= 15 is 0 Å². The Morgan fingerprint density at radius 1 is 1.18 bits per heavy atom. The quantitative estimate of drug-likeness (QED) is 0.382. The van der Waals surface area contributed by atoms with E-state index in [4.69, 9.17) is 14.4 Å². The van der Waals surface area contributed by atoms with Crippen LogP contribution < -0.4 is 0 Å². The van der Waals surface area contributed by atoms with Crippen LogP contribution in [-0.2, 0) is 4.43 Å². The summed E-state index contributed by atoms with van der Waals surface area (Å²) in [5.41, 5.74) is 0. The first-order valence-electron chi connectivity index (χ1n) is 3.37. The summed E-state index contributed by atoms with van der Waals surface area (Å²) in [5, 5.41) is 0. The van der Waals surface area contributed by atoms with Gasteiger partial charge in [0, 0.05) is 6.61 Å². The topological polar surface area (TPSA) is 69.9 Å². The molecule has 0 spiro atoms. The molecule has 0 aliphatic carbocycles. The van der Waals surface area contributed by atoms with Crippen molar-refractivity contribution in [2.75, 3.05) is 6.61 Å². The van der Waals surface area contributed by atoms with Gasteiger partial charge in [-0.05, 0) is 6.42 Å². The van der Waals surface area contributed by atoms with E-state index in [9.17, 15) is 0 Å². The zero-order valence-corrected chi connectivity index (χ0v) is 7.08. The van der Waals surface area contributed by atoms with E-state index < -0.39 is 9.05 Å². The van der Waals surface area contributed by atoms with Gasteiger partial charge in [0.2, 0.25) is 0 Å². The van der Waals surface area contributed by atoms with E-state index in [0.29, 0.717) is 0 Å². The van der Waals surface area contributed by atoms with Crippen molar-refractivity contribution < 1.29 is 18.8 Å². The van der Waals surface area contributed by atoms with Gasteiger partial charge in [0.25, 0.3) is 0 Å². The minimum absolute atomic E-state index is 0. The maximum absolute atomic E-state index is 8.34. The van der Waals surface area contributed by atoms with Crippen LogP contribution in [-0.4, -0.2) is 59.6 Å². The summed E-state index contributed by atoms with van der Waals surface area (Å²) >= 11 is 0. The summed E-state index contributed by atoms with van der Waals surface area (Å²) in [7, 11) is -4.21. The Morgan fingerprint density at radius 3 is 2.09 bits per heavy atom. The second kappa shape index (κ2) is 7.69. The first kappa shape index (κ1) is 14.6. The second-order valence-corrected chi connectivity index (χ2v) is 3.57. The molecule has 11 heavy (non-hydrogen) atoms. The monoisotopic (exact) mass is 190 g/mol. The molecule has 4 nitrogen and oxygen atoms in total. The summed E-state index contributed by atoms with van der Waals surface area (Å²) in [6, 6.07) is 0. The molecule has 0 heterocycles. The van der Waals surface area contributed by atoms with Crippen molar-refractivity contribution in [2.45, 2.75) is 26.2 Å². The van der Waals surface area contributed by atoms with Gasteiger partial charge in [0.1, 0.15) is 0 Å². The summed E-state index contributed by atoms with van der Waals surface area (Å²) in [4.78, 5) is 25.0. The predicted molar refractivity (Wildman–Crippen MR) is 45.0 cm³/mol. The standard InChI is InChI=1S/C5H14O4Si.Na.H/c1-2-3-4-5-9-10(6,7)8;;/h6-8H,2-5H2,1H3;;. The second-order valence-electron chi connectivity index (χ2n) is 2.13. The summed E-state index contributed by atoms with van der Waals surface area (Å²) in [5.74, 6) is 0. The number of hydrogen-bond acceptors (Lipinski definition) is 4. The van der Waals surface area contributed by atoms with Crippen molar-refractivity contribution in [2.24, 2.45) is 0 Å². The normalized spacial score (nSPS) is 10.9. The van der Waals surface area contributed by atoms with Gasteiger partial charge in [-0.15, -0.1) is 0 Å². The van der Waals surface area contributed by atoms with E-state index in [1.165, 1.54) is 0 Å². The first-order valence-corrected chi connectivity index (χ1v) is 5.12. The van der Waals surface area contributed by atoms with Crippen LogP contribution >= 0.6 is 0 Å². The van der Waals surface area contributed by atoms with Crippen LogP contribution in [0.15, 0.2) is 0 Å². The number of unbranched alkanes of at least 4 members (excludes halogenated alkanes) is 2. The van der Waals surface area contributed by atoms with Gasteiger partial charge >= 0.3 is 38.6 Å². The van der Waals surface area contributed by atoms with Crippen molar-refractivity contribution in [3.8, 4) is 0 Å². The van der Waals surface area contributed by atoms with E-state index in [0.717, 1.165) is 19.3 Å². The average Bonchev–Trinajstić information content (AvgIpc) is 1.78. The number of hydrogen-bond donors (Lipinski definition) is 3. The van der Waals surface area contributed by atoms with Crippen molar-refractivity contribution >= 4 is 38.6 Å². The van der Waals surface area contributed by atoms with Crippen LogP contribution in [0, 0.1) is 0 Å². The third-order valence-corrected chi connectivity index (χ3v) is 1.64. The van der Waals surface area contributed by atoms with Gasteiger partial charge < -0.3 is 18.8 Å². The molecule has 0 atom stereocenters. The third-order valence-electron chi connectivity index (χ3n) is 1.04. The molecule has 0 aliphatic heterocycles. The molecule has 0 unspecified atom stereocenters. The summed E-state index contributed by atoms with van der Waals surface area (Å²) in [6.07, 6.45) is 2.78. The Balaban J connectivity index is 0. The van der Waals surface area contributed by atoms with E-state index in [1.54, 1.807) is 0 Å². The van der Waals surface area contributed by atoms with Gasteiger partial charge in [-0.3, -0.25) is 0 Å².